The van der Waals surface area contributed by atoms with Crippen molar-refractivity contribution in [3.05, 3.63) is 0 Å². The number of ether oxygens (including phenoxy) is 2. The van der Waals surface area contributed by atoms with Crippen molar-refractivity contribution in [3.63, 3.8) is 0 Å². The van der Waals surface area contributed by atoms with Gasteiger partial charge in [0.05, 0.1) is 12.7 Å². The molecule has 0 spiro atoms. The molecule has 1 saturated heterocycles. The van der Waals surface area contributed by atoms with Gasteiger partial charge in [-0.15, -0.1) is 0 Å². The summed E-state index contributed by atoms with van der Waals surface area (Å²) in [6.45, 7) is 9.75. The van der Waals surface area contributed by atoms with Crippen LogP contribution in [0, 0.1) is 5.41 Å². The molecule has 0 radical (unpaired) electrons. The second kappa shape index (κ2) is 9.10. The van der Waals surface area contributed by atoms with E-state index in [0.717, 1.165) is 25.9 Å². The van der Waals surface area contributed by atoms with E-state index in [1.807, 2.05) is 20.8 Å². The number of amides is 2. The molecule has 2 amide bonds. The second-order valence-corrected chi connectivity index (χ2v) is 6.80. The first kappa shape index (κ1) is 18.9. The summed E-state index contributed by atoms with van der Waals surface area (Å²) < 4.78 is 11.0. The molecule has 1 fully saturated rings. The average molecular weight is 314 g/mol. The van der Waals surface area contributed by atoms with Gasteiger partial charge in [0.25, 0.3) is 0 Å². The molecule has 2 N–H and O–H groups in total. The largest absolute Gasteiger partial charge is 0.379 e. The predicted octanol–water partition coefficient (Wildman–Crippen LogP) is 1.24. The van der Waals surface area contributed by atoms with E-state index in [4.69, 9.17) is 9.47 Å². The van der Waals surface area contributed by atoms with Crippen molar-refractivity contribution >= 4 is 11.8 Å². The first-order chi connectivity index (χ1) is 10.3. The normalized spacial score (nSPS) is 19.7. The van der Waals surface area contributed by atoms with E-state index in [-0.39, 0.29) is 17.9 Å². The van der Waals surface area contributed by atoms with Crippen LogP contribution in [0.5, 0.6) is 0 Å². The molecule has 0 aliphatic carbocycles. The summed E-state index contributed by atoms with van der Waals surface area (Å²) in [5.41, 5.74) is -0.495. The molecule has 6 nitrogen and oxygen atoms in total. The van der Waals surface area contributed by atoms with Crippen LogP contribution in [0.25, 0.3) is 0 Å². The summed E-state index contributed by atoms with van der Waals surface area (Å²) in [4.78, 5) is 23.7. The standard InChI is InChI=1S/C16H30N2O4/c1-12(18-15(20)16(2,3)4)14(19)17-8-6-9-21-11-13-7-5-10-22-13/h12-13H,5-11H2,1-4H3,(H,17,19)(H,18,20). The third kappa shape index (κ3) is 7.22. The molecule has 0 aromatic rings. The first-order valence-corrected chi connectivity index (χ1v) is 8.08. The van der Waals surface area contributed by atoms with Gasteiger partial charge in [0.2, 0.25) is 11.8 Å². The maximum atomic E-state index is 11.9. The van der Waals surface area contributed by atoms with E-state index in [1.165, 1.54) is 0 Å². The van der Waals surface area contributed by atoms with Crippen LogP contribution in [-0.4, -0.2) is 50.3 Å². The predicted molar refractivity (Wildman–Crippen MR) is 84.5 cm³/mol. The quantitative estimate of drug-likeness (QED) is 0.661. The number of carbonyl (C=O) groups is 2. The van der Waals surface area contributed by atoms with Crippen molar-refractivity contribution in [1.82, 2.24) is 10.6 Å². The molecule has 2 atom stereocenters. The Hall–Kier alpha value is -1.14. The Balaban J connectivity index is 2.05. The Kier molecular flexibility index (Phi) is 7.82. The van der Waals surface area contributed by atoms with Gasteiger partial charge in [-0.25, -0.2) is 0 Å². The Morgan fingerprint density at radius 1 is 1.36 bits per heavy atom. The van der Waals surface area contributed by atoms with Gasteiger partial charge in [0.1, 0.15) is 6.04 Å². The number of hydrogen-bond donors (Lipinski definition) is 2. The Bertz CT molecular complexity index is 360. The maximum absolute atomic E-state index is 11.9. The number of nitrogens with one attached hydrogen (secondary N) is 2. The summed E-state index contributed by atoms with van der Waals surface area (Å²) in [6, 6.07) is -0.528. The highest BCUT2D eigenvalue weighted by molar-refractivity contribution is 5.89. The van der Waals surface area contributed by atoms with Gasteiger partial charge in [0, 0.05) is 25.2 Å². The molecule has 2 unspecified atom stereocenters. The van der Waals surface area contributed by atoms with E-state index in [2.05, 4.69) is 10.6 Å². The van der Waals surface area contributed by atoms with Crippen molar-refractivity contribution < 1.29 is 19.1 Å². The third-order valence-electron chi connectivity index (χ3n) is 3.51. The molecule has 6 heteroatoms. The Labute approximate surface area is 133 Å². The second-order valence-electron chi connectivity index (χ2n) is 6.80. The van der Waals surface area contributed by atoms with E-state index < -0.39 is 11.5 Å². The zero-order chi connectivity index (χ0) is 16.6. The lowest BCUT2D eigenvalue weighted by molar-refractivity contribution is -0.133. The molecule has 0 saturated carbocycles. The van der Waals surface area contributed by atoms with Gasteiger partial charge in [-0.05, 0) is 26.2 Å². The molecule has 0 aromatic heterocycles. The van der Waals surface area contributed by atoms with Crippen LogP contribution in [0.3, 0.4) is 0 Å². The number of rotatable bonds is 8. The molecule has 1 heterocycles. The third-order valence-corrected chi connectivity index (χ3v) is 3.51. The van der Waals surface area contributed by atoms with Gasteiger partial charge in [0.15, 0.2) is 0 Å². The number of carbonyl (C=O) groups excluding carboxylic acids is 2. The number of hydrogen-bond acceptors (Lipinski definition) is 4. The van der Waals surface area contributed by atoms with Crippen molar-refractivity contribution in [2.75, 3.05) is 26.4 Å². The van der Waals surface area contributed by atoms with Crippen LogP contribution in [0.2, 0.25) is 0 Å². The van der Waals surface area contributed by atoms with Gasteiger partial charge in [-0.1, -0.05) is 20.8 Å². The van der Waals surface area contributed by atoms with Crippen molar-refractivity contribution in [2.24, 2.45) is 5.41 Å². The zero-order valence-electron chi connectivity index (χ0n) is 14.2. The van der Waals surface area contributed by atoms with Crippen LogP contribution in [0.1, 0.15) is 47.0 Å². The zero-order valence-corrected chi connectivity index (χ0v) is 14.2. The van der Waals surface area contributed by atoms with Crippen LogP contribution in [-0.2, 0) is 19.1 Å². The minimum atomic E-state index is -0.528. The van der Waals surface area contributed by atoms with E-state index in [1.54, 1.807) is 6.92 Å². The minimum absolute atomic E-state index is 0.130. The minimum Gasteiger partial charge on any atom is -0.379 e. The summed E-state index contributed by atoms with van der Waals surface area (Å²) in [6.07, 6.45) is 3.17. The van der Waals surface area contributed by atoms with Crippen LogP contribution < -0.4 is 10.6 Å². The van der Waals surface area contributed by atoms with Crippen molar-refractivity contribution in [3.8, 4) is 0 Å². The van der Waals surface area contributed by atoms with Gasteiger partial charge >= 0.3 is 0 Å². The van der Waals surface area contributed by atoms with Crippen LogP contribution in [0.4, 0.5) is 0 Å². The van der Waals surface area contributed by atoms with Crippen LogP contribution in [0.15, 0.2) is 0 Å². The fourth-order valence-electron chi connectivity index (χ4n) is 2.01. The molecule has 0 bridgehead atoms. The van der Waals surface area contributed by atoms with Gasteiger partial charge < -0.3 is 20.1 Å². The van der Waals surface area contributed by atoms with Gasteiger partial charge in [-0.3, -0.25) is 9.59 Å². The highest BCUT2D eigenvalue weighted by Crippen LogP contribution is 2.13. The highest BCUT2D eigenvalue weighted by atomic mass is 16.5. The molecule has 1 rings (SSSR count). The fourth-order valence-corrected chi connectivity index (χ4v) is 2.01. The summed E-state index contributed by atoms with van der Waals surface area (Å²) in [5, 5.41) is 5.51. The van der Waals surface area contributed by atoms with E-state index in [0.29, 0.717) is 19.8 Å². The summed E-state index contributed by atoms with van der Waals surface area (Å²) >= 11 is 0. The summed E-state index contributed by atoms with van der Waals surface area (Å²) in [5.74, 6) is -0.299. The van der Waals surface area contributed by atoms with Crippen LogP contribution >= 0.6 is 0 Å². The van der Waals surface area contributed by atoms with Gasteiger partial charge in [-0.2, -0.15) is 0 Å². The molecular weight excluding hydrogens is 284 g/mol. The fraction of sp³-hybridized carbons (Fsp3) is 0.875. The summed E-state index contributed by atoms with van der Waals surface area (Å²) in [7, 11) is 0. The molecule has 1 aliphatic heterocycles. The Morgan fingerprint density at radius 2 is 2.09 bits per heavy atom. The SMILES string of the molecule is CC(NC(=O)C(C)(C)C)C(=O)NCCCOCC1CCCO1. The van der Waals surface area contributed by atoms with Crippen molar-refractivity contribution in [2.45, 2.75) is 59.1 Å². The lowest BCUT2D eigenvalue weighted by Gasteiger charge is -2.21. The van der Waals surface area contributed by atoms with E-state index in [9.17, 15) is 9.59 Å². The van der Waals surface area contributed by atoms with E-state index >= 15 is 0 Å². The molecule has 22 heavy (non-hydrogen) atoms. The monoisotopic (exact) mass is 314 g/mol. The topological polar surface area (TPSA) is 76.7 Å². The molecular formula is C16H30N2O4. The maximum Gasteiger partial charge on any atom is 0.242 e. The van der Waals surface area contributed by atoms with Crippen molar-refractivity contribution in [1.29, 1.82) is 0 Å². The highest BCUT2D eigenvalue weighted by Gasteiger charge is 2.24. The first-order valence-electron chi connectivity index (χ1n) is 8.08. The molecule has 0 aromatic carbocycles. The molecule has 1 aliphatic rings. The average Bonchev–Trinajstić information content (AvgIpc) is 2.94. The Morgan fingerprint density at radius 3 is 2.68 bits per heavy atom. The molecule has 128 valence electrons. The lowest BCUT2D eigenvalue weighted by atomic mass is 9.95. The lowest BCUT2D eigenvalue weighted by Crippen LogP contribution is -2.48. The smallest absolute Gasteiger partial charge is 0.242 e.